The highest BCUT2D eigenvalue weighted by Gasteiger charge is 2.07. The fraction of sp³-hybridized carbons (Fsp3) is 0. The van der Waals surface area contributed by atoms with Gasteiger partial charge < -0.3 is 8.83 Å². The highest BCUT2D eigenvalue weighted by Crippen LogP contribution is 2.26. The molecule has 0 bridgehead atoms. The first-order valence-corrected chi connectivity index (χ1v) is 7.33. The number of carbonyl (C=O) groups is 1. The Morgan fingerprint density at radius 1 is 0.826 bits per heavy atom. The van der Waals surface area contributed by atoms with Crippen LogP contribution in [-0.4, -0.2) is 6.29 Å². The lowest BCUT2D eigenvalue weighted by Crippen LogP contribution is -1.82. The molecule has 4 rings (SSSR count). The molecule has 0 radical (unpaired) electrons. The number of fused-ring (bicyclic) bond motifs is 2. The van der Waals surface area contributed by atoms with Gasteiger partial charge in [0.05, 0.1) is 33.3 Å². The summed E-state index contributed by atoms with van der Waals surface area (Å²) in [7, 11) is 0. The lowest BCUT2D eigenvalue weighted by molar-refractivity contribution is 0.112. The van der Waals surface area contributed by atoms with E-state index in [0.717, 1.165) is 4.47 Å². The molecule has 0 aliphatic rings. The lowest BCUT2D eigenvalue weighted by Gasteiger charge is -1.93. The molecule has 6 heteroatoms. The Balaban J connectivity index is 0.000000136. The third kappa shape index (κ3) is 2.90. The molecule has 116 valence electrons. The largest absolute Gasteiger partial charge is 0.463 e. The number of hydrogen-bond acceptors (Lipinski definition) is 3. The first-order valence-electron chi connectivity index (χ1n) is 6.54. The summed E-state index contributed by atoms with van der Waals surface area (Å²) in [5, 5.41) is 0.860. The van der Waals surface area contributed by atoms with Gasteiger partial charge in [-0.3, -0.25) is 4.79 Å². The summed E-state index contributed by atoms with van der Waals surface area (Å²) in [4.78, 5) is 10.4. The summed E-state index contributed by atoms with van der Waals surface area (Å²) < 4.78 is 36.6. The summed E-state index contributed by atoms with van der Waals surface area (Å²) in [5.41, 5.74) is 1.24. The Morgan fingerprint density at radius 2 is 1.39 bits per heavy atom. The molecule has 0 unspecified atom stereocenters. The van der Waals surface area contributed by atoms with Gasteiger partial charge in [-0.25, -0.2) is 8.78 Å². The molecule has 0 aliphatic carbocycles. The zero-order chi connectivity index (χ0) is 16.4. The van der Waals surface area contributed by atoms with Crippen LogP contribution in [0.2, 0.25) is 0 Å². The van der Waals surface area contributed by atoms with Crippen LogP contribution >= 0.6 is 15.9 Å². The Bertz CT molecular complexity index is 952. The normalized spacial score (nSPS) is 10.6. The van der Waals surface area contributed by atoms with Crippen LogP contribution in [0.3, 0.4) is 0 Å². The van der Waals surface area contributed by atoms with Crippen molar-refractivity contribution in [3.8, 4) is 0 Å². The monoisotopic (exact) mass is 378 g/mol. The number of hydrogen-bond donors (Lipinski definition) is 0. The van der Waals surface area contributed by atoms with E-state index in [1.54, 1.807) is 12.1 Å². The smallest absolute Gasteiger partial charge is 0.153 e. The van der Waals surface area contributed by atoms with Gasteiger partial charge in [-0.2, -0.15) is 0 Å². The molecule has 0 atom stereocenters. The Kier molecular flexibility index (Phi) is 4.25. The lowest BCUT2D eigenvalue weighted by atomic mass is 10.2. The van der Waals surface area contributed by atoms with E-state index in [1.165, 1.54) is 36.8 Å². The molecule has 0 saturated carbocycles. The molecule has 2 aromatic carbocycles. The molecular weight excluding hydrogens is 370 g/mol. The van der Waals surface area contributed by atoms with Crippen molar-refractivity contribution < 1.29 is 22.4 Å². The van der Waals surface area contributed by atoms with Gasteiger partial charge in [0.15, 0.2) is 11.9 Å². The van der Waals surface area contributed by atoms with Crippen molar-refractivity contribution in [2.24, 2.45) is 0 Å². The average molecular weight is 379 g/mol. The second-order valence-corrected chi connectivity index (χ2v) is 5.46. The molecule has 0 amide bonds. The molecule has 23 heavy (non-hydrogen) atoms. The van der Waals surface area contributed by atoms with Gasteiger partial charge in [-0.1, -0.05) is 0 Å². The standard InChI is InChI=1S/C9H5FO2.C8H4BrFO/c10-8-2-1-6(5-11)9-7(8)3-4-12-9;9-6-1-2-7(10)5-3-4-11-8(5)6/h1-5H;1-4H. The fourth-order valence-electron chi connectivity index (χ4n) is 2.14. The maximum absolute atomic E-state index is 13.0. The van der Waals surface area contributed by atoms with Gasteiger partial charge in [0, 0.05) is 0 Å². The molecule has 0 fully saturated rings. The molecule has 0 N–H and O–H groups in total. The summed E-state index contributed by atoms with van der Waals surface area (Å²) in [6.07, 6.45) is 3.48. The molecule has 0 saturated heterocycles. The Labute approximate surface area is 137 Å². The van der Waals surface area contributed by atoms with Crippen LogP contribution in [0.1, 0.15) is 10.4 Å². The molecule has 0 spiro atoms. The number of aldehydes is 1. The minimum absolute atomic E-state index is 0.253. The highest BCUT2D eigenvalue weighted by molar-refractivity contribution is 9.10. The fourth-order valence-corrected chi connectivity index (χ4v) is 2.58. The van der Waals surface area contributed by atoms with Crippen molar-refractivity contribution in [1.82, 2.24) is 0 Å². The van der Waals surface area contributed by atoms with E-state index in [1.807, 2.05) is 0 Å². The van der Waals surface area contributed by atoms with Gasteiger partial charge in [0.1, 0.15) is 17.2 Å². The average Bonchev–Trinajstić information content (AvgIpc) is 3.22. The quantitative estimate of drug-likeness (QED) is 0.398. The number of rotatable bonds is 1. The van der Waals surface area contributed by atoms with Crippen LogP contribution in [-0.2, 0) is 0 Å². The third-order valence-corrected chi connectivity index (χ3v) is 3.86. The summed E-state index contributed by atoms with van der Waals surface area (Å²) in [6, 6.07) is 8.78. The molecular formula is C17H9BrF2O3. The van der Waals surface area contributed by atoms with Crippen molar-refractivity contribution >= 4 is 44.2 Å². The number of halogens is 3. The highest BCUT2D eigenvalue weighted by atomic mass is 79.9. The third-order valence-electron chi connectivity index (χ3n) is 3.24. The van der Waals surface area contributed by atoms with E-state index >= 15 is 0 Å². The van der Waals surface area contributed by atoms with E-state index in [-0.39, 0.29) is 11.6 Å². The zero-order valence-electron chi connectivity index (χ0n) is 11.6. The summed E-state index contributed by atoms with van der Waals surface area (Å²) >= 11 is 3.25. The topological polar surface area (TPSA) is 43.4 Å². The number of carbonyl (C=O) groups excluding carboxylic acids is 1. The van der Waals surface area contributed by atoms with E-state index < -0.39 is 0 Å². The molecule has 3 nitrogen and oxygen atoms in total. The maximum atomic E-state index is 13.0. The van der Waals surface area contributed by atoms with Crippen LogP contribution in [0, 0.1) is 11.6 Å². The minimum Gasteiger partial charge on any atom is -0.463 e. The van der Waals surface area contributed by atoms with Crippen molar-refractivity contribution in [2.45, 2.75) is 0 Å². The second-order valence-electron chi connectivity index (χ2n) is 4.61. The molecule has 2 heterocycles. The van der Waals surface area contributed by atoms with Gasteiger partial charge in [-0.05, 0) is 52.3 Å². The first-order chi connectivity index (χ1) is 11.1. The van der Waals surface area contributed by atoms with Crippen LogP contribution in [0.15, 0.2) is 62.2 Å². The predicted octanol–water partition coefficient (Wildman–Crippen LogP) is 5.72. The number of furan rings is 2. The van der Waals surface area contributed by atoms with Crippen molar-refractivity contribution in [3.05, 3.63) is 70.6 Å². The van der Waals surface area contributed by atoms with Crippen molar-refractivity contribution in [3.63, 3.8) is 0 Å². The SMILES string of the molecule is Fc1ccc(Br)c2occc12.O=Cc1ccc(F)c2ccoc12. The van der Waals surface area contributed by atoms with Gasteiger partial charge in [-0.15, -0.1) is 0 Å². The summed E-state index contributed by atoms with van der Waals surface area (Å²) in [5.74, 6) is -0.624. The van der Waals surface area contributed by atoms with Gasteiger partial charge >= 0.3 is 0 Å². The minimum atomic E-state index is -0.371. The van der Waals surface area contributed by atoms with Gasteiger partial charge in [0.2, 0.25) is 0 Å². The summed E-state index contributed by atoms with van der Waals surface area (Å²) in [6.45, 7) is 0. The predicted molar refractivity (Wildman–Crippen MR) is 85.4 cm³/mol. The Morgan fingerprint density at radius 3 is 2.00 bits per heavy atom. The molecule has 2 aromatic heterocycles. The maximum Gasteiger partial charge on any atom is 0.153 e. The van der Waals surface area contributed by atoms with E-state index in [4.69, 9.17) is 8.83 Å². The molecule has 0 aliphatic heterocycles. The Hall–Kier alpha value is -2.47. The van der Waals surface area contributed by atoms with Crippen LogP contribution in [0.5, 0.6) is 0 Å². The van der Waals surface area contributed by atoms with Crippen LogP contribution in [0.25, 0.3) is 21.9 Å². The zero-order valence-corrected chi connectivity index (χ0v) is 13.1. The second kappa shape index (κ2) is 6.34. The van der Waals surface area contributed by atoms with Crippen molar-refractivity contribution in [2.75, 3.05) is 0 Å². The van der Waals surface area contributed by atoms with Crippen LogP contribution in [0.4, 0.5) is 8.78 Å². The van der Waals surface area contributed by atoms with E-state index in [0.29, 0.717) is 33.8 Å². The van der Waals surface area contributed by atoms with E-state index in [9.17, 15) is 13.6 Å². The number of benzene rings is 2. The van der Waals surface area contributed by atoms with Crippen LogP contribution < -0.4 is 0 Å². The van der Waals surface area contributed by atoms with E-state index in [2.05, 4.69) is 15.9 Å². The van der Waals surface area contributed by atoms with Crippen molar-refractivity contribution in [1.29, 1.82) is 0 Å². The molecule has 4 aromatic rings. The van der Waals surface area contributed by atoms with Gasteiger partial charge in [0.25, 0.3) is 0 Å². The first kappa shape index (κ1) is 15.4.